The van der Waals surface area contributed by atoms with Crippen molar-refractivity contribution in [1.29, 1.82) is 0 Å². The number of nitrogens with zero attached hydrogens (tertiary/aromatic N) is 3. The van der Waals surface area contributed by atoms with Crippen LogP contribution in [-0.2, 0) is 11.3 Å². The maximum absolute atomic E-state index is 11.8. The van der Waals surface area contributed by atoms with Crippen molar-refractivity contribution in [3.63, 3.8) is 0 Å². The molecule has 108 valence electrons. The number of aromatic nitrogens is 3. The number of hydrogen-bond donors (Lipinski definition) is 1. The summed E-state index contributed by atoms with van der Waals surface area (Å²) in [5, 5.41) is 10.4. The Hall–Kier alpha value is -1.65. The van der Waals surface area contributed by atoms with Gasteiger partial charge in [-0.3, -0.25) is 4.79 Å². The minimum Gasteiger partial charge on any atom is -0.354 e. The monoisotopic (exact) mass is 274 g/mol. The first-order valence-corrected chi connectivity index (χ1v) is 7.37. The van der Waals surface area contributed by atoms with E-state index in [0.29, 0.717) is 5.41 Å². The average Bonchev–Trinajstić information content (AvgIpc) is 2.91. The van der Waals surface area contributed by atoms with Gasteiger partial charge in [-0.2, -0.15) is 0 Å². The SMILES string of the molecule is CC1(C)[C@H]2CC=C(CCNC(=O)Cn3ccnn3)[C@@H]1C2. The van der Waals surface area contributed by atoms with Crippen LogP contribution in [0.1, 0.15) is 33.1 Å². The quantitative estimate of drug-likeness (QED) is 0.833. The molecule has 1 N–H and O–H groups in total. The molecule has 1 heterocycles. The third-order valence-electron chi connectivity index (χ3n) is 5.10. The highest BCUT2D eigenvalue weighted by Gasteiger charge is 2.50. The van der Waals surface area contributed by atoms with Crippen LogP contribution in [0.3, 0.4) is 0 Å². The average molecular weight is 274 g/mol. The standard InChI is InChI=1S/C15H22N4O/c1-15(2)12-4-3-11(13(15)9-12)5-6-16-14(20)10-19-8-7-17-18-19/h3,7-8,12-13H,4-6,9-10H2,1-2H3,(H,16,20)/t12-,13-/m0/s1. The molecule has 1 aromatic rings. The molecule has 3 aliphatic rings. The van der Waals surface area contributed by atoms with Crippen molar-refractivity contribution in [3.8, 4) is 0 Å². The van der Waals surface area contributed by atoms with Crippen LogP contribution in [0.5, 0.6) is 0 Å². The Labute approximate surface area is 119 Å². The Morgan fingerprint density at radius 2 is 2.40 bits per heavy atom. The fourth-order valence-corrected chi connectivity index (χ4v) is 3.62. The molecule has 1 amide bonds. The number of carbonyl (C=O) groups excluding carboxylic acids is 1. The van der Waals surface area contributed by atoms with Gasteiger partial charge in [-0.25, -0.2) is 4.68 Å². The molecule has 2 bridgehead atoms. The van der Waals surface area contributed by atoms with Crippen LogP contribution in [0.15, 0.2) is 24.0 Å². The van der Waals surface area contributed by atoms with Crippen molar-refractivity contribution < 1.29 is 4.79 Å². The highest BCUT2D eigenvalue weighted by atomic mass is 16.2. The molecule has 0 saturated heterocycles. The normalized spacial score (nSPS) is 26.6. The molecule has 3 aliphatic carbocycles. The lowest BCUT2D eigenvalue weighted by molar-refractivity contribution is -0.121. The molecule has 0 aromatic carbocycles. The highest BCUT2D eigenvalue weighted by Crippen LogP contribution is 2.59. The van der Waals surface area contributed by atoms with E-state index in [1.165, 1.54) is 17.5 Å². The molecular formula is C15H22N4O. The van der Waals surface area contributed by atoms with E-state index in [0.717, 1.165) is 24.8 Å². The van der Waals surface area contributed by atoms with E-state index in [1.807, 2.05) is 0 Å². The summed E-state index contributed by atoms with van der Waals surface area (Å²) in [4.78, 5) is 11.8. The third-order valence-corrected chi connectivity index (χ3v) is 5.10. The van der Waals surface area contributed by atoms with Crippen LogP contribution in [-0.4, -0.2) is 27.4 Å². The van der Waals surface area contributed by atoms with Gasteiger partial charge >= 0.3 is 0 Å². The molecule has 1 saturated carbocycles. The van der Waals surface area contributed by atoms with Gasteiger partial charge in [0.2, 0.25) is 5.91 Å². The van der Waals surface area contributed by atoms with Crippen LogP contribution in [0.2, 0.25) is 0 Å². The largest absolute Gasteiger partial charge is 0.354 e. The first-order chi connectivity index (χ1) is 9.57. The second kappa shape index (κ2) is 5.04. The molecule has 5 nitrogen and oxygen atoms in total. The minimum absolute atomic E-state index is 0.00217. The summed E-state index contributed by atoms with van der Waals surface area (Å²) in [6.45, 7) is 5.72. The summed E-state index contributed by atoms with van der Waals surface area (Å²) in [6, 6.07) is 0. The number of nitrogens with one attached hydrogen (secondary N) is 1. The van der Waals surface area contributed by atoms with Crippen LogP contribution in [0.4, 0.5) is 0 Å². The van der Waals surface area contributed by atoms with Crippen molar-refractivity contribution in [1.82, 2.24) is 20.3 Å². The minimum atomic E-state index is -0.00217. The zero-order valence-electron chi connectivity index (χ0n) is 12.2. The summed E-state index contributed by atoms with van der Waals surface area (Å²) in [6.07, 6.45) is 9.20. The zero-order chi connectivity index (χ0) is 14.2. The Bertz CT molecular complexity index is 518. The van der Waals surface area contributed by atoms with E-state index >= 15 is 0 Å². The van der Waals surface area contributed by atoms with E-state index in [-0.39, 0.29) is 12.5 Å². The van der Waals surface area contributed by atoms with Gasteiger partial charge in [0.25, 0.3) is 0 Å². The molecular weight excluding hydrogens is 252 g/mol. The van der Waals surface area contributed by atoms with Gasteiger partial charge in [0.15, 0.2) is 0 Å². The second-order valence-corrected chi connectivity index (χ2v) is 6.52. The number of carbonyl (C=O) groups is 1. The summed E-state index contributed by atoms with van der Waals surface area (Å²) < 4.78 is 1.54. The lowest BCUT2D eigenvalue weighted by atomic mass is 9.48. The van der Waals surface area contributed by atoms with Crippen molar-refractivity contribution in [2.24, 2.45) is 17.3 Å². The van der Waals surface area contributed by atoms with E-state index < -0.39 is 0 Å². The first-order valence-electron chi connectivity index (χ1n) is 7.37. The van der Waals surface area contributed by atoms with Gasteiger partial charge in [0.05, 0.1) is 6.20 Å². The Balaban J connectivity index is 1.44. The maximum Gasteiger partial charge on any atom is 0.241 e. The van der Waals surface area contributed by atoms with Crippen LogP contribution in [0, 0.1) is 17.3 Å². The highest BCUT2D eigenvalue weighted by molar-refractivity contribution is 5.75. The van der Waals surface area contributed by atoms with Gasteiger partial charge in [-0.1, -0.05) is 30.7 Å². The van der Waals surface area contributed by atoms with E-state index in [1.54, 1.807) is 18.0 Å². The molecule has 1 aromatic heterocycles. The van der Waals surface area contributed by atoms with E-state index in [9.17, 15) is 4.79 Å². The molecule has 4 rings (SSSR count). The second-order valence-electron chi connectivity index (χ2n) is 6.52. The molecule has 0 spiro atoms. The summed E-state index contributed by atoms with van der Waals surface area (Å²) in [5.74, 6) is 1.60. The topological polar surface area (TPSA) is 59.8 Å². The van der Waals surface area contributed by atoms with E-state index in [2.05, 4.69) is 35.6 Å². The third kappa shape index (κ3) is 2.37. The Morgan fingerprint density at radius 1 is 1.55 bits per heavy atom. The Kier molecular flexibility index (Phi) is 3.36. The van der Waals surface area contributed by atoms with Crippen molar-refractivity contribution in [2.45, 2.75) is 39.7 Å². The smallest absolute Gasteiger partial charge is 0.241 e. The summed E-state index contributed by atoms with van der Waals surface area (Å²) in [5.41, 5.74) is 2.01. The molecule has 0 aliphatic heterocycles. The summed E-state index contributed by atoms with van der Waals surface area (Å²) in [7, 11) is 0. The fourth-order valence-electron chi connectivity index (χ4n) is 3.62. The maximum atomic E-state index is 11.8. The van der Waals surface area contributed by atoms with Crippen LogP contribution in [0.25, 0.3) is 0 Å². The van der Waals surface area contributed by atoms with Gasteiger partial charge in [-0.15, -0.1) is 5.10 Å². The van der Waals surface area contributed by atoms with Crippen molar-refractivity contribution in [2.75, 3.05) is 6.54 Å². The molecule has 5 heteroatoms. The predicted molar refractivity (Wildman–Crippen MR) is 75.7 cm³/mol. The first kappa shape index (κ1) is 13.3. The van der Waals surface area contributed by atoms with Crippen LogP contribution < -0.4 is 5.32 Å². The van der Waals surface area contributed by atoms with Crippen LogP contribution >= 0.6 is 0 Å². The number of hydrogen-bond acceptors (Lipinski definition) is 3. The number of fused-ring (bicyclic) bond motifs is 1. The Morgan fingerprint density at radius 3 is 3.05 bits per heavy atom. The molecule has 2 atom stereocenters. The fraction of sp³-hybridized carbons (Fsp3) is 0.667. The predicted octanol–water partition coefficient (Wildman–Crippen LogP) is 1.78. The lowest BCUT2D eigenvalue weighted by Gasteiger charge is -2.56. The molecule has 20 heavy (non-hydrogen) atoms. The van der Waals surface area contributed by atoms with Crippen molar-refractivity contribution >= 4 is 5.91 Å². The number of rotatable bonds is 5. The molecule has 0 unspecified atom stereocenters. The molecule has 0 radical (unpaired) electrons. The number of amides is 1. The van der Waals surface area contributed by atoms with Gasteiger partial charge < -0.3 is 5.32 Å². The van der Waals surface area contributed by atoms with Gasteiger partial charge in [-0.05, 0) is 36.5 Å². The zero-order valence-corrected chi connectivity index (χ0v) is 12.2. The number of allylic oxidation sites excluding steroid dienone is 1. The van der Waals surface area contributed by atoms with E-state index in [4.69, 9.17) is 0 Å². The van der Waals surface area contributed by atoms with Crippen molar-refractivity contribution in [3.05, 3.63) is 24.0 Å². The lowest BCUT2D eigenvalue weighted by Crippen LogP contribution is -2.48. The summed E-state index contributed by atoms with van der Waals surface area (Å²) >= 11 is 0. The molecule has 1 fully saturated rings. The van der Waals surface area contributed by atoms with Gasteiger partial charge in [0, 0.05) is 12.7 Å². The van der Waals surface area contributed by atoms with Gasteiger partial charge in [0.1, 0.15) is 6.54 Å².